The first-order chi connectivity index (χ1) is 18.2. The number of hydrogen-bond acceptors (Lipinski definition) is 4. The number of thiophene rings is 1. The highest BCUT2D eigenvalue weighted by Crippen LogP contribution is 2.42. The fourth-order valence-electron chi connectivity index (χ4n) is 5.72. The van der Waals surface area contributed by atoms with Gasteiger partial charge in [0.15, 0.2) is 0 Å². The number of furan rings is 1. The minimum absolute atomic E-state index is 0.509. The van der Waals surface area contributed by atoms with E-state index in [1.165, 1.54) is 26.2 Å². The lowest BCUT2D eigenvalue weighted by Crippen LogP contribution is -2.29. The zero-order valence-electron chi connectivity index (χ0n) is 19.6. The minimum atomic E-state index is -1.46. The molecule has 0 bridgehead atoms. The Morgan fingerprint density at radius 3 is 1.89 bits per heavy atom. The van der Waals surface area contributed by atoms with Crippen LogP contribution in [-0.2, 0) is 0 Å². The Morgan fingerprint density at radius 2 is 1.14 bits per heavy atom. The molecule has 8 aromatic rings. The van der Waals surface area contributed by atoms with Crippen LogP contribution in [0.25, 0.3) is 74.8 Å². The van der Waals surface area contributed by atoms with Gasteiger partial charge in [-0.2, -0.15) is 0 Å². The third kappa shape index (κ3) is 3.02. The highest BCUT2D eigenvalue weighted by molar-refractivity contribution is 7.25. The first-order valence-electron chi connectivity index (χ1n) is 12.2. The van der Waals surface area contributed by atoms with Crippen LogP contribution in [0.4, 0.5) is 0 Å². The molecule has 0 aliphatic heterocycles. The van der Waals surface area contributed by atoms with Crippen molar-refractivity contribution in [3.63, 3.8) is 0 Å². The summed E-state index contributed by atoms with van der Waals surface area (Å²) in [5, 5.41) is 28.5. The molecular formula is C32H19BO3S. The maximum atomic E-state index is 9.56. The molecule has 174 valence electrons. The van der Waals surface area contributed by atoms with Gasteiger partial charge in [-0.3, -0.25) is 0 Å². The summed E-state index contributed by atoms with van der Waals surface area (Å²) in [4.78, 5) is 0. The van der Waals surface area contributed by atoms with E-state index in [-0.39, 0.29) is 0 Å². The van der Waals surface area contributed by atoms with Crippen LogP contribution in [0.15, 0.2) is 108 Å². The number of hydrogen-bond donors (Lipinski definition) is 2. The van der Waals surface area contributed by atoms with Crippen LogP contribution in [0, 0.1) is 0 Å². The molecule has 0 spiro atoms. The third-order valence-electron chi connectivity index (χ3n) is 7.48. The van der Waals surface area contributed by atoms with Crippen molar-refractivity contribution in [3.05, 3.63) is 103 Å². The Balaban J connectivity index is 1.34. The summed E-state index contributed by atoms with van der Waals surface area (Å²) < 4.78 is 8.77. The fourth-order valence-corrected chi connectivity index (χ4v) is 6.91. The first kappa shape index (κ1) is 21.0. The average molecular weight is 494 g/mol. The molecule has 0 atom stereocenters. The molecule has 2 heterocycles. The van der Waals surface area contributed by atoms with E-state index in [2.05, 4.69) is 84.9 Å². The number of fused-ring (bicyclic) bond motifs is 11. The molecule has 0 aliphatic rings. The third-order valence-corrected chi connectivity index (χ3v) is 8.59. The summed E-state index contributed by atoms with van der Waals surface area (Å²) in [6.07, 6.45) is 0. The summed E-state index contributed by atoms with van der Waals surface area (Å²) in [6.45, 7) is 0. The smallest absolute Gasteiger partial charge is 0.455 e. The van der Waals surface area contributed by atoms with Gasteiger partial charge in [0.2, 0.25) is 0 Å². The maximum Gasteiger partial charge on any atom is 0.488 e. The van der Waals surface area contributed by atoms with Crippen molar-refractivity contribution in [1.29, 1.82) is 0 Å². The van der Waals surface area contributed by atoms with Gasteiger partial charge in [-0.1, -0.05) is 78.9 Å². The van der Waals surface area contributed by atoms with Crippen molar-refractivity contribution in [2.45, 2.75) is 0 Å². The van der Waals surface area contributed by atoms with Gasteiger partial charge >= 0.3 is 7.12 Å². The Labute approximate surface area is 215 Å². The van der Waals surface area contributed by atoms with Gasteiger partial charge in [-0.15, -0.1) is 11.3 Å². The van der Waals surface area contributed by atoms with Gasteiger partial charge in [0.05, 0.1) is 0 Å². The fraction of sp³-hybridized carbons (Fsp3) is 0. The van der Waals surface area contributed by atoms with Crippen molar-refractivity contribution in [3.8, 4) is 11.1 Å². The molecular weight excluding hydrogens is 475 g/mol. The van der Waals surface area contributed by atoms with Crippen LogP contribution in [0.3, 0.4) is 0 Å². The lowest BCUT2D eigenvalue weighted by Gasteiger charge is -2.06. The van der Waals surface area contributed by atoms with E-state index in [0.717, 1.165) is 48.5 Å². The van der Waals surface area contributed by atoms with E-state index in [1.54, 1.807) is 17.4 Å². The van der Waals surface area contributed by atoms with E-state index in [0.29, 0.717) is 5.46 Å². The average Bonchev–Trinajstić information content (AvgIpc) is 3.50. The maximum absolute atomic E-state index is 9.56. The molecule has 3 nitrogen and oxygen atoms in total. The van der Waals surface area contributed by atoms with Crippen molar-refractivity contribution >= 4 is 87.6 Å². The van der Waals surface area contributed by atoms with Gasteiger partial charge in [-0.05, 0) is 57.0 Å². The van der Waals surface area contributed by atoms with Gasteiger partial charge < -0.3 is 14.5 Å². The van der Waals surface area contributed by atoms with Crippen LogP contribution in [-0.4, -0.2) is 17.2 Å². The summed E-state index contributed by atoms with van der Waals surface area (Å²) in [5.41, 5.74) is 4.55. The van der Waals surface area contributed by atoms with Crippen LogP contribution < -0.4 is 5.46 Å². The van der Waals surface area contributed by atoms with E-state index in [4.69, 9.17) is 4.42 Å². The predicted molar refractivity (Wildman–Crippen MR) is 157 cm³/mol. The SMILES string of the molecule is OB(O)c1ccc2c(c1)sc1cc(-c3ccc4c(c3)oc3c5ccccc5c5ccccc5c43)ccc12. The van der Waals surface area contributed by atoms with E-state index >= 15 is 0 Å². The van der Waals surface area contributed by atoms with E-state index < -0.39 is 7.12 Å². The van der Waals surface area contributed by atoms with Crippen LogP contribution in [0.5, 0.6) is 0 Å². The molecule has 0 saturated carbocycles. The predicted octanol–water partition coefficient (Wildman–Crippen LogP) is 7.61. The Kier molecular flexibility index (Phi) is 4.35. The van der Waals surface area contributed by atoms with Crippen molar-refractivity contribution < 1.29 is 14.5 Å². The standard InChI is InChI=1S/C32H19BO3S/c34-33(35)20-11-14-24-23-12-9-19(16-29(23)37-30(24)17-20)18-10-13-27-28(15-18)36-32-26-8-4-2-6-22(26)21-5-1-3-7-25(21)31(27)32/h1-17,34-35H. The van der Waals surface area contributed by atoms with Gasteiger partial charge in [0.1, 0.15) is 11.2 Å². The molecule has 6 aromatic carbocycles. The molecule has 5 heteroatoms. The summed E-state index contributed by atoms with van der Waals surface area (Å²) in [7, 11) is -1.46. The van der Waals surface area contributed by atoms with Crippen molar-refractivity contribution in [2.24, 2.45) is 0 Å². The first-order valence-corrected chi connectivity index (χ1v) is 13.1. The molecule has 8 rings (SSSR count). The number of benzene rings is 6. The van der Waals surface area contributed by atoms with Crippen LogP contribution in [0.2, 0.25) is 0 Å². The summed E-state index contributed by atoms with van der Waals surface area (Å²) in [6, 6.07) is 35.6. The molecule has 0 amide bonds. The van der Waals surface area contributed by atoms with Crippen molar-refractivity contribution in [1.82, 2.24) is 0 Å². The normalized spacial score (nSPS) is 12.1. The molecule has 2 aromatic heterocycles. The van der Waals surface area contributed by atoms with Gasteiger partial charge in [-0.25, -0.2) is 0 Å². The molecule has 0 aliphatic carbocycles. The minimum Gasteiger partial charge on any atom is -0.455 e. The van der Waals surface area contributed by atoms with E-state index in [9.17, 15) is 10.0 Å². The second-order valence-electron chi connectivity index (χ2n) is 9.55. The lowest BCUT2D eigenvalue weighted by atomic mass is 9.80. The molecule has 2 N–H and O–H groups in total. The van der Waals surface area contributed by atoms with Crippen molar-refractivity contribution in [2.75, 3.05) is 0 Å². The highest BCUT2D eigenvalue weighted by atomic mass is 32.1. The Morgan fingerprint density at radius 1 is 0.541 bits per heavy atom. The summed E-state index contributed by atoms with van der Waals surface area (Å²) >= 11 is 1.67. The number of rotatable bonds is 2. The quantitative estimate of drug-likeness (QED) is 0.192. The van der Waals surface area contributed by atoms with Gasteiger partial charge in [0.25, 0.3) is 0 Å². The second kappa shape index (κ2) is 7.67. The van der Waals surface area contributed by atoms with Crippen LogP contribution in [0.1, 0.15) is 0 Å². The van der Waals surface area contributed by atoms with E-state index in [1.807, 2.05) is 12.1 Å². The molecule has 0 radical (unpaired) electrons. The Hall–Kier alpha value is -4.16. The molecule has 0 unspecified atom stereocenters. The largest absolute Gasteiger partial charge is 0.488 e. The van der Waals surface area contributed by atoms with Crippen LogP contribution >= 0.6 is 11.3 Å². The molecule has 37 heavy (non-hydrogen) atoms. The second-order valence-corrected chi connectivity index (χ2v) is 10.6. The topological polar surface area (TPSA) is 53.6 Å². The molecule has 0 fully saturated rings. The monoisotopic (exact) mass is 494 g/mol. The highest BCUT2D eigenvalue weighted by Gasteiger charge is 2.17. The van der Waals surface area contributed by atoms with Gasteiger partial charge in [0, 0.05) is 36.3 Å². The zero-order valence-corrected chi connectivity index (χ0v) is 20.4. The molecule has 0 saturated heterocycles. The summed E-state index contributed by atoms with van der Waals surface area (Å²) in [5.74, 6) is 0. The zero-order chi connectivity index (χ0) is 24.7. The lowest BCUT2D eigenvalue weighted by molar-refractivity contribution is 0.426. The Bertz CT molecular complexity index is 2190.